The Kier molecular flexibility index (Phi) is 4.73. The molecule has 1 unspecified atom stereocenters. The molecule has 2 N–H and O–H groups in total. The van der Waals surface area contributed by atoms with Crippen molar-refractivity contribution in [3.05, 3.63) is 22.4 Å². The smallest absolute Gasteiger partial charge is 0.407 e. The first kappa shape index (κ1) is 17.7. The molecule has 2 aliphatic heterocycles. The molecular formula is C17H23N3O4S. The number of hydrogen-bond acceptors (Lipinski definition) is 5. The number of amides is 3. The highest BCUT2D eigenvalue weighted by Gasteiger charge is 2.43. The molecule has 3 heterocycles. The molecule has 8 heteroatoms. The zero-order valence-corrected chi connectivity index (χ0v) is 15.3. The van der Waals surface area contributed by atoms with E-state index in [-0.39, 0.29) is 17.9 Å². The van der Waals surface area contributed by atoms with Gasteiger partial charge in [-0.05, 0) is 38.1 Å². The molecule has 1 aromatic heterocycles. The molecule has 0 aromatic carbocycles. The van der Waals surface area contributed by atoms with E-state index in [0.29, 0.717) is 30.9 Å². The number of nitrogens with zero attached hydrogens (tertiary/aromatic N) is 1. The highest BCUT2D eigenvalue weighted by molar-refractivity contribution is 7.12. The van der Waals surface area contributed by atoms with Crippen LogP contribution in [-0.4, -0.2) is 53.6 Å². The lowest BCUT2D eigenvalue weighted by molar-refractivity contribution is -0.136. The molecule has 0 aliphatic carbocycles. The van der Waals surface area contributed by atoms with E-state index in [2.05, 4.69) is 10.6 Å². The summed E-state index contributed by atoms with van der Waals surface area (Å²) in [4.78, 5) is 38.9. The average Bonchev–Trinajstić information content (AvgIpc) is 3.15. The van der Waals surface area contributed by atoms with Crippen LogP contribution in [0.15, 0.2) is 17.5 Å². The van der Waals surface area contributed by atoms with Crippen LogP contribution in [0.3, 0.4) is 0 Å². The molecule has 2 saturated heterocycles. The average molecular weight is 365 g/mol. The van der Waals surface area contributed by atoms with Gasteiger partial charge in [0.05, 0.1) is 11.4 Å². The first-order chi connectivity index (χ1) is 11.8. The Hall–Kier alpha value is -2.09. The molecule has 1 aromatic rings. The molecule has 3 rings (SSSR count). The van der Waals surface area contributed by atoms with Gasteiger partial charge in [0.1, 0.15) is 11.1 Å². The molecule has 7 nitrogen and oxygen atoms in total. The van der Waals surface area contributed by atoms with Crippen LogP contribution < -0.4 is 10.6 Å². The Balaban J connectivity index is 1.63. The maximum atomic E-state index is 12.9. The Bertz CT molecular complexity index is 673. The Labute approximate surface area is 150 Å². The Morgan fingerprint density at radius 3 is 2.80 bits per heavy atom. The molecular weight excluding hydrogens is 342 g/mol. The third-order valence-corrected chi connectivity index (χ3v) is 5.62. The summed E-state index contributed by atoms with van der Waals surface area (Å²) in [6.07, 6.45) is 1.71. The zero-order valence-electron chi connectivity index (χ0n) is 14.5. The molecule has 25 heavy (non-hydrogen) atoms. The summed E-state index contributed by atoms with van der Waals surface area (Å²) >= 11 is 1.34. The summed E-state index contributed by atoms with van der Waals surface area (Å²) in [5.41, 5.74) is -1.50. The van der Waals surface area contributed by atoms with Crippen molar-refractivity contribution >= 4 is 29.2 Å². The zero-order chi connectivity index (χ0) is 18.1. The fourth-order valence-electron chi connectivity index (χ4n) is 3.35. The van der Waals surface area contributed by atoms with Crippen LogP contribution in [0.5, 0.6) is 0 Å². The lowest BCUT2D eigenvalue weighted by Crippen LogP contribution is -2.56. The maximum Gasteiger partial charge on any atom is 0.407 e. The monoisotopic (exact) mass is 365 g/mol. The van der Waals surface area contributed by atoms with E-state index in [4.69, 9.17) is 4.74 Å². The molecule has 1 atom stereocenters. The number of rotatable bonds is 3. The molecule has 0 radical (unpaired) electrons. The van der Waals surface area contributed by atoms with Crippen molar-refractivity contribution in [3.63, 3.8) is 0 Å². The van der Waals surface area contributed by atoms with E-state index in [0.717, 1.165) is 12.8 Å². The summed E-state index contributed by atoms with van der Waals surface area (Å²) in [6.45, 7) is 5.03. The summed E-state index contributed by atoms with van der Waals surface area (Å²) in [7, 11) is 0. The summed E-state index contributed by atoms with van der Waals surface area (Å²) < 4.78 is 5.44. The Morgan fingerprint density at radius 2 is 2.16 bits per heavy atom. The van der Waals surface area contributed by atoms with Gasteiger partial charge in [-0.1, -0.05) is 6.07 Å². The summed E-state index contributed by atoms with van der Waals surface area (Å²) in [5.74, 6) is -0.361. The predicted molar refractivity (Wildman–Crippen MR) is 93.5 cm³/mol. The second-order valence-electron chi connectivity index (χ2n) is 7.13. The topological polar surface area (TPSA) is 87.7 Å². The number of carbonyl (C=O) groups excluding carboxylic acids is 3. The van der Waals surface area contributed by atoms with Crippen molar-refractivity contribution in [2.24, 2.45) is 0 Å². The minimum Gasteiger partial charge on any atom is -0.441 e. The SMILES string of the molecule is CC(C)(NC(=O)c1cccs1)C(=O)N1CCCC2(CC1)CNC(=O)O2. The van der Waals surface area contributed by atoms with Crippen LogP contribution >= 0.6 is 11.3 Å². The summed E-state index contributed by atoms with van der Waals surface area (Å²) in [6, 6.07) is 3.54. The van der Waals surface area contributed by atoms with E-state index in [1.807, 2.05) is 5.38 Å². The van der Waals surface area contributed by atoms with Crippen LogP contribution in [0, 0.1) is 0 Å². The number of carbonyl (C=O) groups is 3. The fourth-order valence-corrected chi connectivity index (χ4v) is 3.97. The van der Waals surface area contributed by atoms with Gasteiger partial charge in [0, 0.05) is 19.5 Å². The molecule has 0 bridgehead atoms. The predicted octanol–water partition coefficient (Wildman–Crippen LogP) is 1.75. The van der Waals surface area contributed by atoms with E-state index in [9.17, 15) is 14.4 Å². The third kappa shape index (κ3) is 3.78. The third-order valence-electron chi connectivity index (χ3n) is 4.75. The van der Waals surface area contributed by atoms with Crippen LogP contribution in [0.4, 0.5) is 4.79 Å². The second-order valence-corrected chi connectivity index (χ2v) is 8.08. The van der Waals surface area contributed by atoms with Gasteiger partial charge in [-0.3, -0.25) is 9.59 Å². The van der Waals surface area contributed by atoms with Crippen molar-refractivity contribution < 1.29 is 19.1 Å². The van der Waals surface area contributed by atoms with E-state index in [1.54, 1.807) is 30.9 Å². The van der Waals surface area contributed by atoms with Crippen molar-refractivity contribution in [2.45, 2.75) is 44.2 Å². The van der Waals surface area contributed by atoms with Gasteiger partial charge in [0.15, 0.2) is 0 Å². The minimum absolute atomic E-state index is 0.119. The number of alkyl carbamates (subject to hydrolysis) is 1. The molecule has 3 amide bonds. The molecule has 1 spiro atoms. The number of nitrogens with one attached hydrogen (secondary N) is 2. The van der Waals surface area contributed by atoms with Crippen LogP contribution in [0.2, 0.25) is 0 Å². The van der Waals surface area contributed by atoms with Gasteiger partial charge in [0.25, 0.3) is 5.91 Å². The highest BCUT2D eigenvalue weighted by Crippen LogP contribution is 2.30. The van der Waals surface area contributed by atoms with Crippen molar-refractivity contribution in [2.75, 3.05) is 19.6 Å². The van der Waals surface area contributed by atoms with Crippen molar-refractivity contribution in [1.82, 2.24) is 15.5 Å². The lowest BCUT2D eigenvalue weighted by Gasteiger charge is -2.32. The van der Waals surface area contributed by atoms with Gasteiger partial charge in [-0.2, -0.15) is 0 Å². The van der Waals surface area contributed by atoms with Gasteiger partial charge in [-0.25, -0.2) is 4.79 Å². The number of ether oxygens (including phenoxy) is 1. The van der Waals surface area contributed by atoms with E-state index >= 15 is 0 Å². The van der Waals surface area contributed by atoms with Crippen molar-refractivity contribution in [3.8, 4) is 0 Å². The lowest BCUT2D eigenvalue weighted by atomic mass is 9.95. The molecule has 136 valence electrons. The van der Waals surface area contributed by atoms with Crippen LogP contribution in [-0.2, 0) is 9.53 Å². The first-order valence-electron chi connectivity index (χ1n) is 8.44. The number of likely N-dealkylation sites (tertiary alicyclic amines) is 1. The summed E-state index contributed by atoms with van der Waals surface area (Å²) in [5, 5.41) is 7.36. The van der Waals surface area contributed by atoms with Gasteiger partial charge in [-0.15, -0.1) is 11.3 Å². The quantitative estimate of drug-likeness (QED) is 0.854. The molecule has 2 aliphatic rings. The van der Waals surface area contributed by atoms with E-state index < -0.39 is 11.1 Å². The van der Waals surface area contributed by atoms with Crippen LogP contribution in [0.1, 0.15) is 42.8 Å². The molecule has 0 saturated carbocycles. The van der Waals surface area contributed by atoms with Gasteiger partial charge >= 0.3 is 6.09 Å². The Morgan fingerprint density at radius 1 is 1.36 bits per heavy atom. The van der Waals surface area contributed by atoms with Crippen LogP contribution in [0.25, 0.3) is 0 Å². The second kappa shape index (κ2) is 6.67. The normalized spacial score (nSPS) is 23.8. The van der Waals surface area contributed by atoms with E-state index in [1.165, 1.54) is 11.3 Å². The number of hydrogen-bond donors (Lipinski definition) is 2. The first-order valence-corrected chi connectivity index (χ1v) is 9.32. The number of thiophene rings is 1. The largest absolute Gasteiger partial charge is 0.441 e. The maximum absolute atomic E-state index is 12.9. The van der Waals surface area contributed by atoms with Crippen molar-refractivity contribution in [1.29, 1.82) is 0 Å². The molecule has 2 fully saturated rings. The fraction of sp³-hybridized carbons (Fsp3) is 0.588. The standard InChI is InChI=1S/C17H23N3O4S/c1-16(2,19-13(21)12-5-3-10-25-12)14(22)20-8-4-6-17(7-9-20)11-18-15(23)24-17/h3,5,10H,4,6-9,11H2,1-2H3,(H,18,23)(H,19,21). The van der Waals surface area contributed by atoms with Gasteiger partial charge in [0.2, 0.25) is 5.91 Å². The minimum atomic E-state index is -0.997. The highest BCUT2D eigenvalue weighted by atomic mass is 32.1. The van der Waals surface area contributed by atoms with Gasteiger partial charge < -0.3 is 20.3 Å².